The molecule has 3 atom stereocenters. The highest BCUT2D eigenvalue weighted by Crippen LogP contribution is 2.37. The third kappa shape index (κ3) is 3.22. The molecule has 0 spiro atoms. The lowest BCUT2D eigenvalue weighted by atomic mass is 9.79. The fraction of sp³-hybridized carbons (Fsp3) is 0.588. The number of rotatable bonds is 4. The molecule has 0 bridgehead atoms. The minimum atomic E-state index is 0.498. The molecular formula is C17H24N6. The summed E-state index contributed by atoms with van der Waals surface area (Å²) in [7, 11) is 1.88. The van der Waals surface area contributed by atoms with E-state index in [1.54, 1.807) is 4.68 Å². The molecule has 1 saturated carbocycles. The van der Waals surface area contributed by atoms with Gasteiger partial charge in [0.1, 0.15) is 0 Å². The quantitative estimate of drug-likeness (QED) is 0.935. The maximum Gasteiger partial charge on any atom is 0.242 e. The van der Waals surface area contributed by atoms with Crippen LogP contribution < -0.4 is 5.32 Å². The first-order chi connectivity index (χ1) is 11.3. The average Bonchev–Trinajstić information content (AvgIpc) is 3.14. The fourth-order valence-corrected chi connectivity index (χ4v) is 4.16. The van der Waals surface area contributed by atoms with Crippen molar-refractivity contribution in [3.8, 4) is 0 Å². The standard InChI is InChI=1S/C17H24N6/c1-22-17(19-20-21-22)18-16-8-7-14-11-23(12-15(14)9-16)10-13-5-3-2-4-6-13/h2-6,14-16H,7-12H2,1H3,(H,18,19,21)/t14-,15+,16?/m1/s1. The molecular weight excluding hydrogens is 288 g/mol. The van der Waals surface area contributed by atoms with Crippen molar-refractivity contribution in [3.63, 3.8) is 0 Å². The molecule has 6 nitrogen and oxygen atoms in total. The summed E-state index contributed by atoms with van der Waals surface area (Å²) in [6.45, 7) is 3.55. The number of benzene rings is 1. The van der Waals surface area contributed by atoms with Crippen LogP contribution in [0.1, 0.15) is 24.8 Å². The summed E-state index contributed by atoms with van der Waals surface area (Å²) >= 11 is 0. The van der Waals surface area contributed by atoms with E-state index in [9.17, 15) is 0 Å². The molecule has 1 saturated heterocycles. The van der Waals surface area contributed by atoms with Crippen LogP contribution in [0.15, 0.2) is 30.3 Å². The predicted molar refractivity (Wildman–Crippen MR) is 88.8 cm³/mol. The zero-order valence-corrected chi connectivity index (χ0v) is 13.6. The number of nitrogens with one attached hydrogen (secondary N) is 1. The Labute approximate surface area is 136 Å². The van der Waals surface area contributed by atoms with E-state index in [0.717, 1.165) is 24.3 Å². The van der Waals surface area contributed by atoms with Gasteiger partial charge < -0.3 is 5.32 Å². The molecule has 0 radical (unpaired) electrons. The Balaban J connectivity index is 1.34. The van der Waals surface area contributed by atoms with Crippen molar-refractivity contribution in [2.75, 3.05) is 18.4 Å². The van der Waals surface area contributed by atoms with Gasteiger partial charge in [0, 0.05) is 32.7 Å². The van der Waals surface area contributed by atoms with E-state index in [4.69, 9.17) is 0 Å². The Hall–Kier alpha value is -1.95. The Morgan fingerprint density at radius 3 is 2.74 bits per heavy atom. The van der Waals surface area contributed by atoms with Crippen molar-refractivity contribution < 1.29 is 0 Å². The molecule has 122 valence electrons. The first kappa shape index (κ1) is 14.6. The van der Waals surface area contributed by atoms with Gasteiger partial charge in [0.2, 0.25) is 5.95 Å². The lowest BCUT2D eigenvalue weighted by Gasteiger charge is -2.31. The highest BCUT2D eigenvalue weighted by atomic mass is 15.6. The van der Waals surface area contributed by atoms with Gasteiger partial charge in [-0.1, -0.05) is 35.4 Å². The highest BCUT2D eigenvalue weighted by molar-refractivity contribution is 5.24. The molecule has 0 amide bonds. The first-order valence-electron chi connectivity index (χ1n) is 8.53. The van der Waals surface area contributed by atoms with Crippen LogP contribution in [-0.4, -0.2) is 44.2 Å². The van der Waals surface area contributed by atoms with Gasteiger partial charge in [0.15, 0.2) is 0 Å². The Kier molecular flexibility index (Phi) is 3.99. The number of likely N-dealkylation sites (tertiary alicyclic amines) is 1. The van der Waals surface area contributed by atoms with Gasteiger partial charge in [-0.05, 0) is 47.1 Å². The van der Waals surface area contributed by atoms with E-state index in [1.165, 1.54) is 37.9 Å². The smallest absolute Gasteiger partial charge is 0.242 e. The number of nitrogens with zero attached hydrogens (tertiary/aromatic N) is 5. The maximum atomic E-state index is 4.05. The van der Waals surface area contributed by atoms with Gasteiger partial charge >= 0.3 is 0 Å². The summed E-state index contributed by atoms with van der Waals surface area (Å²) in [6, 6.07) is 11.3. The van der Waals surface area contributed by atoms with E-state index in [0.29, 0.717) is 6.04 Å². The summed E-state index contributed by atoms with van der Waals surface area (Å²) in [4.78, 5) is 2.62. The number of hydrogen-bond acceptors (Lipinski definition) is 5. The second-order valence-corrected chi connectivity index (χ2v) is 6.98. The first-order valence-corrected chi connectivity index (χ1v) is 8.53. The van der Waals surface area contributed by atoms with Crippen molar-refractivity contribution in [2.45, 2.75) is 31.8 Å². The molecule has 23 heavy (non-hydrogen) atoms. The third-order valence-corrected chi connectivity index (χ3v) is 5.33. The summed E-state index contributed by atoms with van der Waals surface area (Å²) in [5.74, 6) is 2.44. The molecule has 2 heterocycles. The molecule has 1 unspecified atom stereocenters. The van der Waals surface area contributed by atoms with Crippen molar-refractivity contribution in [1.29, 1.82) is 0 Å². The summed E-state index contributed by atoms with van der Waals surface area (Å²) < 4.78 is 1.71. The van der Waals surface area contributed by atoms with Gasteiger partial charge in [0.05, 0.1) is 0 Å². The predicted octanol–water partition coefficient (Wildman–Crippen LogP) is 1.92. The number of hydrogen-bond donors (Lipinski definition) is 1. The van der Waals surface area contributed by atoms with Crippen molar-refractivity contribution in [3.05, 3.63) is 35.9 Å². The van der Waals surface area contributed by atoms with E-state index in [-0.39, 0.29) is 0 Å². The minimum Gasteiger partial charge on any atom is -0.350 e. The van der Waals surface area contributed by atoms with Crippen LogP contribution in [0.2, 0.25) is 0 Å². The van der Waals surface area contributed by atoms with Crippen LogP contribution in [0.5, 0.6) is 0 Å². The van der Waals surface area contributed by atoms with E-state index >= 15 is 0 Å². The van der Waals surface area contributed by atoms with Crippen molar-refractivity contribution >= 4 is 5.95 Å². The zero-order chi connectivity index (χ0) is 15.6. The molecule has 2 fully saturated rings. The number of aromatic nitrogens is 4. The largest absolute Gasteiger partial charge is 0.350 e. The lowest BCUT2D eigenvalue weighted by molar-refractivity contribution is 0.280. The van der Waals surface area contributed by atoms with Crippen molar-refractivity contribution in [1.82, 2.24) is 25.1 Å². The third-order valence-electron chi connectivity index (χ3n) is 5.33. The van der Waals surface area contributed by atoms with Gasteiger partial charge in [-0.3, -0.25) is 4.90 Å². The van der Waals surface area contributed by atoms with Crippen molar-refractivity contribution in [2.24, 2.45) is 18.9 Å². The topological polar surface area (TPSA) is 58.9 Å². The van der Waals surface area contributed by atoms with E-state index in [2.05, 4.69) is 56.1 Å². The summed E-state index contributed by atoms with van der Waals surface area (Å²) in [5, 5.41) is 15.2. The highest BCUT2D eigenvalue weighted by Gasteiger charge is 2.37. The Bertz CT molecular complexity index is 640. The second kappa shape index (κ2) is 6.28. The molecule has 1 aromatic heterocycles. The van der Waals surface area contributed by atoms with Gasteiger partial charge in [0.25, 0.3) is 0 Å². The molecule has 2 aromatic rings. The molecule has 6 heteroatoms. The minimum absolute atomic E-state index is 0.498. The second-order valence-electron chi connectivity index (χ2n) is 6.98. The SMILES string of the molecule is Cn1nnnc1NC1CC[C@@H]2CN(Cc3ccccc3)C[C@@H]2C1. The van der Waals surface area contributed by atoms with E-state index in [1.807, 2.05) is 7.05 Å². The zero-order valence-electron chi connectivity index (χ0n) is 13.6. The van der Waals surface area contributed by atoms with Crippen LogP contribution in [-0.2, 0) is 13.6 Å². The van der Waals surface area contributed by atoms with Gasteiger partial charge in [-0.2, -0.15) is 0 Å². The molecule has 1 aliphatic carbocycles. The molecule has 1 N–H and O–H groups in total. The Morgan fingerprint density at radius 2 is 1.96 bits per heavy atom. The summed E-state index contributed by atoms with van der Waals surface area (Å²) in [5.41, 5.74) is 1.42. The number of aryl methyl sites for hydroxylation is 1. The average molecular weight is 312 g/mol. The lowest BCUT2D eigenvalue weighted by Crippen LogP contribution is -2.32. The molecule has 1 aromatic carbocycles. The van der Waals surface area contributed by atoms with Crippen LogP contribution >= 0.6 is 0 Å². The van der Waals surface area contributed by atoms with E-state index < -0.39 is 0 Å². The van der Waals surface area contributed by atoms with Crippen LogP contribution in [0, 0.1) is 11.8 Å². The van der Waals surface area contributed by atoms with Gasteiger partial charge in [-0.25, -0.2) is 4.68 Å². The van der Waals surface area contributed by atoms with Crippen LogP contribution in [0.25, 0.3) is 0 Å². The summed E-state index contributed by atoms with van der Waals surface area (Å²) in [6.07, 6.45) is 3.74. The molecule has 2 aliphatic rings. The monoisotopic (exact) mass is 312 g/mol. The number of fused-ring (bicyclic) bond motifs is 1. The van der Waals surface area contributed by atoms with Crippen LogP contribution in [0.4, 0.5) is 5.95 Å². The normalized spacial score (nSPS) is 27.8. The molecule has 1 aliphatic heterocycles. The van der Waals surface area contributed by atoms with Crippen LogP contribution in [0.3, 0.4) is 0 Å². The Morgan fingerprint density at radius 1 is 1.13 bits per heavy atom. The fourth-order valence-electron chi connectivity index (χ4n) is 4.16. The maximum absolute atomic E-state index is 4.05. The molecule has 4 rings (SSSR count). The number of anilines is 1. The number of tetrazole rings is 1. The van der Waals surface area contributed by atoms with Gasteiger partial charge in [-0.15, -0.1) is 0 Å².